The molecular weight excluding hydrogens is 407 g/mol. The second kappa shape index (κ2) is 8.37. The second-order valence-corrected chi connectivity index (χ2v) is 8.78. The zero-order valence-electron chi connectivity index (χ0n) is 16.4. The molecule has 156 valence electrons. The number of benzene rings is 2. The predicted octanol–water partition coefficient (Wildman–Crippen LogP) is 2.80. The monoisotopic (exact) mass is 428 g/mol. The molecule has 1 fully saturated rings. The molecule has 2 heterocycles. The van der Waals surface area contributed by atoms with E-state index < -0.39 is 10.0 Å². The third-order valence-corrected chi connectivity index (χ3v) is 6.93. The highest BCUT2D eigenvalue weighted by atomic mass is 32.2. The summed E-state index contributed by atoms with van der Waals surface area (Å²) in [6.45, 7) is 1.69. The fraction of sp³-hybridized carbons (Fsp3) is 0.238. The van der Waals surface area contributed by atoms with Crippen molar-refractivity contribution in [3.63, 3.8) is 0 Å². The maximum Gasteiger partial charge on any atom is 0.243 e. The molecule has 0 saturated carbocycles. The quantitative estimate of drug-likeness (QED) is 0.622. The fourth-order valence-electron chi connectivity index (χ4n) is 3.37. The van der Waals surface area contributed by atoms with Crippen LogP contribution in [0.1, 0.15) is 0 Å². The van der Waals surface area contributed by atoms with Gasteiger partial charge in [0.1, 0.15) is 23.7 Å². The Morgan fingerprint density at radius 1 is 0.967 bits per heavy atom. The van der Waals surface area contributed by atoms with Crippen molar-refractivity contribution in [2.45, 2.75) is 4.90 Å². The number of hydrogen-bond donors (Lipinski definition) is 0. The Balaban J connectivity index is 1.48. The minimum Gasteiger partial charge on any atom is -0.497 e. The van der Waals surface area contributed by atoms with E-state index in [1.165, 1.54) is 35.9 Å². The summed E-state index contributed by atoms with van der Waals surface area (Å²) in [6.07, 6.45) is 1.47. The molecule has 1 aliphatic heterocycles. The topological polar surface area (TPSA) is 75.6 Å². The van der Waals surface area contributed by atoms with Crippen LogP contribution in [0.25, 0.3) is 11.3 Å². The number of anilines is 1. The maximum atomic E-state index is 13.2. The summed E-state index contributed by atoms with van der Waals surface area (Å²) in [7, 11) is -2.09. The number of nitrogens with zero attached hydrogens (tertiary/aromatic N) is 4. The zero-order valence-corrected chi connectivity index (χ0v) is 17.2. The first-order chi connectivity index (χ1) is 14.5. The molecule has 1 saturated heterocycles. The number of methoxy groups -OCH3 is 1. The average Bonchev–Trinajstić information content (AvgIpc) is 2.80. The van der Waals surface area contributed by atoms with Crippen molar-refractivity contribution in [2.75, 3.05) is 38.2 Å². The van der Waals surface area contributed by atoms with Gasteiger partial charge in [0.15, 0.2) is 0 Å². The molecule has 2 aromatic carbocycles. The standard InChI is InChI=1S/C21H21FN4O3S/c1-29-18-3-2-4-19(13-18)30(27,28)26-11-9-25(10-12-26)21-14-20(23-15-24-21)16-5-7-17(22)8-6-16/h2-8,13-15H,9-12H2,1H3. The van der Waals surface area contributed by atoms with Crippen LogP contribution in [-0.4, -0.2) is 56.0 Å². The molecule has 0 atom stereocenters. The number of rotatable bonds is 5. The molecule has 30 heavy (non-hydrogen) atoms. The van der Waals surface area contributed by atoms with Gasteiger partial charge in [-0.1, -0.05) is 6.07 Å². The summed E-state index contributed by atoms with van der Waals surface area (Å²) in [5, 5.41) is 0. The van der Waals surface area contributed by atoms with Gasteiger partial charge in [0.05, 0.1) is 17.7 Å². The number of aromatic nitrogens is 2. The second-order valence-electron chi connectivity index (χ2n) is 6.84. The van der Waals surface area contributed by atoms with Gasteiger partial charge in [0, 0.05) is 43.9 Å². The normalized spacial score (nSPS) is 15.2. The predicted molar refractivity (Wildman–Crippen MR) is 111 cm³/mol. The van der Waals surface area contributed by atoms with Gasteiger partial charge >= 0.3 is 0 Å². The van der Waals surface area contributed by atoms with Crippen LogP contribution < -0.4 is 9.64 Å². The van der Waals surface area contributed by atoms with E-state index in [9.17, 15) is 12.8 Å². The van der Waals surface area contributed by atoms with E-state index in [-0.39, 0.29) is 10.7 Å². The van der Waals surface area contributed by atoms with Crippen LogP contribution in [0.15, 0.2) is 65.8 Å². The van der Waals surface area contributed by atoms with Gasteiger partial charge in [-0.3, -0.25) is 0 Å². The first-order valence-electron chi connectivity index (χ1n) is 9.44. The first-order valence-corrected chi connectivity index (χ1v) is 10.9. The smallest absolute Gasteiger partial charge is 0.243 e. The first kappa shape index (κ1) is 20.2. The lowest BCUT2D eigenvalue weighted by atomic mass is 10.1. The maximum absolute atomic E-state index is 13.2. The lowest BCUT2D eigenvalue weighted by molar-refractivity contribution is 0.382. The minimum absolute atomic E-state index is 0.218. The van der Waals surface area contributed by atoms with Crippen molar-refractivity contribution in [1.29, 1.82) is 0 Å². The van der Waals surface area contributed by atoms with Crippen LogP contribution in [0.4, 0.5) is 10.2 Å². The molecule has 7 nitrogen and oxygen atoms in total. The summed E-state index contributed by atoms with van der Waals surface area (Å²) in [6, 6.07) is 14.4. The molecule has 4 rings (SSSR count). The van der Waals surface area contributed by atoms with Gasteiger partial charge in [-0.25, -0.2) is 22.8 Å². The highest BCUT2D eigenvalue weighted by Gasteiger charge is 2.29. The Morgan fingerprint density at radius 3 is 2.40 bits per heavy atom. The molecule has 0 N–H and O–H groups in total. The number of hydrogen-bond acceptors (Lipinski definition) is 6. The summed E-state index contributed by atoms with van der Waals surface area (Å²) in [4.78, 5) is 10.8. The van der Waals surface area contributed by atoms with Crippen molar-refractivity contribution < 1.29 is 17.5 Å². The van der Waals surface area contributed by atoms with E-state index >= 15 is 0 Å². The van der Waals surface area contributed by atoms with Gasteiger partial charge in [0.25, 0.3) is 0 Å². The van der Waals surface area contributed by atoms with E-state index in [0.29, 0.717) is 43.4 Å². The van der Waals surface area contributed by atoms with Crippen molar-refractivity contribution >= 4 is 15.8 Å². The lowest BCUT2D eigenvalue weighted by Gasteiger charge is -2.34. The van der Waals surface area contributed by atoms with Crippen molar-refractivity contribution in [3.8, 4) is 17.0 Å². The van der Waals surface area contributed by atoms with Gasteiger partial charge in [-0.2, -0.15) is 4.31 Å². The molecular formula is C21H21FN4O3S. The van der Waals surface area contributed by atoms with E-state index in [1.54, 1.807) is 30.3 Å². The van der Waals surface area contributed by atoms with Gasteiger partial charge in [0.2, 0.25) is 10.0 Å². The third kappa shape index (κ3) is 4.12. The van der Waals surface area contributed by atoms with Crippen LogP contribution in [0.5, 0.6) is 5.75 Å². The summed E-state index contributed by atoms with van der Waals surface area (Å²) in [5.41, 5.74) is 1.48. The van der Waals surface area contributed by atoms with E-state index in [0.717, 1.165) is 5.56 Å². The largest absolute Gasteiger partial charge is 0.497 e. The molecule has 1 aliphatic rings. The van der Waals surface area contributed by atoms with Crippen molar-refractivity contribution in [1.82, 2.24) is 14.3 Å². The third-order valence-electron chi connectivity index (χ3n) is 5.03. The zero-order chi connectivity index (χ0) is 21.1. The molecule has 1 aromatic heterocycles. The van der Waals surface area contributed by atoms with Gasteiger partial charge < -0.3 is 9.64 Å². The molecule has 0 bridgehead atoms. The lowest BCUT2D eigenvalue weighted by Crippen LogP contribution is -2.48. The molecule has 0 radical (unpaired) electrons. The van der Waals surface area contributed by atoms with E-state index in [1.807, 2.05) is 11.0 Å². The molecule has 0 spiro atoms. The van der Waals surface area contributed by atoms with Crippen LogP contribution in [0.2, 0.25) is 0 Å². The number of sulfonamides is 1. The van der Waals surface area contributed by atoms with Crippen LogP contribution in [0, 0.1) is 5.82 Å². The Kier molecular flexibility index (Phi) is 5.65. The highest BCUT2D eigenvalue weighted by Crippen LogP contribution is 2.25. The van der Waals surface area contributed by atoms with Gasteiger partial charge in [-0.05, 0) is 36.4 Å². The Morgan fingerprint density at radius 2 is 1.70 bits per heavy atom. The summed E-state index contributed by atoms with van der Waals surface area (Å²) < 4.78 is 45.7. The van der Waals surface area contributed by atoms with E-state index in [2.05, 4.69) is 9.97 Å². The number of halogens is 1. The minimum atomic E-state index is -3.60. The molecule has 0 unspecified atom stereocenters. The fourth-order valence-corrected chi connectivity index (χ4v) is 4.82. The van der Waals surface area contributed by atoms with E-state index in [4.69, 9.17) is 4.74 Å². The molecule has 0 amide bonds. The van der Waals surface area contributed by atoms with Crippen LogP contribution >= 0.6 is 0 Å². The van der Waals surface area contributed by atoms with Crippen molar-refractivity contribution in [2.24, 2.45) is 0 Å². The highest BCUT2D eigenvalue weighted by molar-refractivity contribution is 7.89. The Labute approximate surface area is 174 Å². The average molecular weight is 428 g/mol. The summed E-state index contributed by atoms with van der Waals surface area (Å²) >= 11 is 0. The summed E-state index contributed by atoms with van der Waals surface area (Å²) in [5.74, 6) is 0.910. The van der Waals surface area contributed by atoms with Crippen LogP contribution in [0.3, 0.4) is 0 Å². The SMILES string of the molecule is COc1cccc(S(=O)(=O)N2CCN(c3cc(-c4ccc(F)cc4)ncn3)CC2)c1. The van der Waals surface area contributed by atoms with Crippen molar-refractivity contribution in [3.05, 3.63) is 66.7 Å². The number of ether oxygens (including phenoxy) is 1. The molecule has 3 aromatic rings. The van der Waals surface area contributed by atoms with Crippen LogP contribution in [-0.2, 0) is 10.0 Å². The van der Waals surface area contributed by atoms with Gasteiger partial charge in [-0.15, -0.1) is 0 Å². The molecule has 0 aliphatic carbocycles. The Hall–Kier alpha value is -3.04. The Bertz CT molecular complexity index is 1130. The number of piperazine rings is 1. The molecule has 9 heteroatoms.